The number of aliphatic hydroxyl groups excluding tert-OH is 1. The van der Waals surface area contributed by atoms with E-state index >= 15 is 0 Å². The number of rotatable bonds is 8. The summed E-state index contributed by atoms with van der Waals surface area (Å²) in [5.41, 5.74) is 1.83. The lowest BCUT2D eigenvalue weighted by Crippen LogP contribution is -2.44. The molecule has 1 N–H and O–H groups in total. The van der Waals surface area contributed by atoms with Gasteiger partial charge in [-0.1, -0.05) is 33.4 Å². The van der Waals surface area contributed by atoms with E-state index in [1.807, 2.05) is 7.05 Å². The van der Waals surface area contributed by atoms with Gasteiger partial charge in [0.05, 0.1) is 18.9 Å². The van der Waals surface area contributed by atoms with E-state index in [4.69, 9.17) is 9.16 Å². The Labute approximate surface area is 175 Å². The zero-order chi connectivity index (χ0) is 21.8. The Kier molecular flexibility index (Phi) is 7.70. The molecule has 29 heavy (non-hydrogen) atoms. The summed E-state index contributed by atoms with van der Waals surface area (Å²) in [7, 11) is -0.0536. The minimum Gasteiger partial charge on any atom is -0.445 e. The molecule has 1 aliphatic heterocycles. The first-order chi connectivity index (χ1) is 13.5. The third-order valence-corrected chi connectivity index (χ3v) is 10.8. The number of likely N-dealkylation sites (tertiary alicyclic amines) is 1. The van der Waals surface area contributed by atoms with Crippen LogP contribution in [0.15, 0.2) is 18.9 Å². The van der Waals surface area contributed by atoms with Crippen molar-refractivity contribution in [1.29, 1.82) is 0 Å². The number of amides is 1. The van der Waals surface area contributed by atoms with Gasteiger partial charge in [-0.3, -0.25) is 4.68 Å². The number of aryl methyl sites for hydroxylation is 1. The lowest BCUT2D eigenvalue weighted by atomic mass is 10.0. The second kappa shape index (κ2) is 9.45. The first-order valence-electron chi connectivity index (χ1n) is 10.3. The Balaban J connectivity index is 2.12. The van der Waals surface area contributed by atoms with Gasteiger partial charge in [-0.25, -0.2) is 4.79 Å². The molecule has 0 spiro atoms. The van der Waals surface area contributed by atoms with Crippen molar-refractivity contribution in [2.24, 2.45) is 7.05 Å². The first-order valence-corrected chi connectivity index (χ1v) is 13.2. The standard InChI is InChI=1S/C21H37N3O4Si/c1-8-11-27-20(26)24-14-18(28-29(6,7)21(2,3)4)12-17(24)9-10-19-16(15-25)13-22-23(19)5/h8,13,17-18,25H,1,9-12,14-15H2,2-7H3/t17-,18-/m1/s1. The molecular weight excluding hydrogens is 386 g/mol. The Hall–Kier alpha value is -1.64. The molecule has 1 aromatic rings. The maximum atomic E-state index is 12.6. The molecule has 0 aromatic carbocycles. The van der Waals surface area contributed by atoms with Crippen molar-refractivity contribution in [3.63, 3.8) is 0 Å². The highest BCUT2D eigenvalue weighted by atomic mass is 28.4. The van der Waals surface area contributed by atoms with Gasteiger partial charge in [0.2, 0.25) is 0 Å². The van der Waals surface area contributed by atoms with E-state index in [-0.39, 0.29) is 36.5 Å². The van der Waals surface area contributed by atoms with Gasteiger partial charge in [-0.2, -0.15) is 5.10 Å². The highest BCUT2D eigenvalue weighted by molar-refractivity contribution is 6.74. The summed E-state index contributed by atoms with van der Waals surface area (Å²) in [6.07, 6.45) is 5.27. The van der Waals surface area contributed by atoms with Gasteiger partial charge < -0.3 is 19.2 Å². The van der Waals surface area contributed by atoms with Crippen LogP contribution in [0.3, 0.4) is 0 Å². The Morgan fingerprint density at radius 3 is 2.72 bits per heavy atom. The SMILES string of the molecule is C=CCOC(=O)N1C[C@H](O[Si](C)(C)C(C)(C)C)C[C@H]1CCc1c(CO)cnn1C. The topological polar surface area (TPSA) is 76.8 Å². The highest BCUT2D eigenvalue weighted by Gasteiger charge is 2.43. The number of hydrogen-bond acceptors (Lipinski definition) is 5. The molecule has 1 aliphatic rings. The van der Waals surface area contributed by atoms with Crippen LogP contribution in [0.4, 0.5) is 4.79 Å². The lowest BCUT2D eigenvalue weighted by molar-refractivity contribution is 0.102. The molecular formula is C21H37N3O4Si. The highest BCUT2D eigenvalue weighted by Crippen LogP contribution is 2.39. The number of hydrogen-bond donors (Lipinski definition) is 1. The number of ether oxygens (including phenoxy) is 1. The third kappa shape index (κ3) is 5.70. The fraction of sp³-hybridized carbons (Fsp3) is 0.714. The molecule has 7 nitrogen and oxygen atoms in total. The van der Waals surface area contributed by atoms with Gasteiger partial charge >= 0.3 is 6.09 Å². The molecule has 1 aromatic heterocycles. The molecule has 0 saturated carbocycles. The van der Waals surface area contributed by atoms with E-state index in [1.54, 1.807) is 21.9 Å². The number of carbonyl (C=O) groups is 1. The summed E-state index contributed by atoms with van der Waals surface area (Å²) in [6.45, 7) is 15.5. The van der Waals surface area contributed by atoms with Crippen molar-refractivity contribution in [3.8, 4) is 0 Å². The molecule has 2 heterocycles. The maximum absolute atomic E-state index is 12.6. The maximum Gasteiger partial charge on any atom is 0.410 e. The van der Waals surface area contributed by atoms with Crippen molar-refractivity contribution in [3.05, 3.63) is 30.1 Å². The predicted molar refractivity (Wildman–Crippen MR) is 116 cm³/mol. The van der Waals surface area contributed by atoms with Crippen LogP contribution >= 0.6 is 0 Å². The second-order valence-electron chi connectivity index (χ2n) is 9.34. The Bertz CT molecular complexity index is 711. The van der Waals surface area contributed by atoms with E-state index in [9.17, 15) is 9.90 Å². The number of carbonyl (C=O) groups excluding carboxylic acids is 1. The molecule has 1 fully saturated rings. The van der Waals surface area contributed by atoms with E-state index in [1.165, 1.54) is 0 Å². The lowest BCUT2D eigenvalue weighted by Gasteiger charge is -2.38. The number of aromatic nitrogens is 2. The van der Waals surface area contributed by atoms with E-state index in [0.29, 0.717) is 6.54 Å². The van der Waals surface area contributed by atoms with Gasteiger partial charge in [-0.05, 0) is 37.4 Å². The van der Waals surface area contributed by atoms with Gasteiger partial charge in [-0.15, -0.1) is 0 Å². The zero-order valence-corrected chi connectivity index (χ0v) is 19.8. The van der Waals surface area contributed by atoms with Crippen LogP contribution in [0.25, 0.3) is 0 Å². The molecule has 1 amide bonds. The molecule has 0 bridgehead atoms. The number of nitrogens with zero attached hydrogens (tertiary/aromatic N) is 3. The Morgan fingerprint density at radius 2 is 2.14 bits per heavy atom. The smallest absolute Gasteiger partial charge is 0.410 e. The summed E-state index contributed by atoms with van der Waals surface area (Å²) in [5.74, 6) is 0. The van der Waals surface area contributed by atoms with Gasteiger partial charge in [0, 0.05) is 30.9 Å². The van der Waals surface area contributed by atoms with Crippen LogP contribution in [-0.4, -0.2) is 59.5 Å². The summed E-state index contributed by atoms with van der Waals surface area (Å²) >= 11 is 0. The molecule has 2 rings (SSSR count). The van der Waals surface area contributed by atoms with Gasteiger partial charge in [0.15, 0.2) is 8.32 Å². The zero-order valence-electron chi connectivity index (χ0n) is 18.8. The van der Waals surface area contributed by atoms with Crippen LogP contribution in [0.2, 0.25) is 18.1 Å². The quantitative estimate of drug-likeness (QED) is 0.510. The molecule has 2 atom stereocenters. The summed E-state index contributed by atoms with van der Waals surface area (Å²) in [5, 5.41) is 13.9. The second-order valence-corrected chi connectivity index (χ2v) is 14.1. The van der Waals surface area contributed by atoms with Crippen LogP contribution in [0.1, 0.15) is 44.9 Å². The predicted octanol–water partition coefficient (Wildman–Crippen LogP) is 3.63. The van der Waals surface area contributed by atoms with Crippen LogP contribution in [0, 0.1) is 0 Å². The van der Waals surface area contributed by atoms with Crippen LogP contribution in [-0.2, 0) is 29.2 Å². The van der Waals surface area contributed by atoms with Crippen molar-refractivity contribution < 1.29 is 19.1 Å². The fourth-order valence-corrected chi connectivity index (χ4v) is 4.89. The molecule has 1 saturated heterocycles. The Morgan fingerprint density at radius 1 is 1.45 bits per heavy atom. The van der Waals surface area contributed by atoms with E-state index in [2.05, 4.69) is 45.5 Å². The average molecular weight is 424 g/mol. The number of aliphatic hydroxyl groups is 1. The normalized spacial score (nSPS) is 20.2. The van der Waals surface area contributed by atoms with Crippen LogP contribution < -0.4 is 0 Å². The molecule has 8 heteroatoms. The third-order valence-electron chi connectivity index (χ3n) is 6.24. The van der Waals surface area contributed by atoms with Gasteiger partial charge in [0.25, 0.3) is 0 Å². The van der Waals surface area contributed by atoms with Crippen LogP contribution in [0.5, 0.6) is 0 Å². The van der Waals surface area contributed by atoms with Crippen molar-refractivity contribution in [1.82, 2.24) is 14.7 Å². The summed E-state index contributed by atoms with van der Waals surface area (Å²) in [4.78, 5) is 14.4. The van der Waals surface area contributed by atoms with E-state index in [0.717, 1.165) is 30.5 Å². The molecule has 0 radical (unpaired) electrons. The van der Waals surface area contributed by atoms with Gasteiger partial charge in [0.1, 0.15) is 6.61 Å². The first kappa shape index (κ1) is 23.6. The summed E-state index contributed by atoms with van der Waals surface area (Å²) in [6, 6.07) is 0.0310. The fourth-order valence-electron chi connectivity index (χ4n) is 3.53. The monoisotopic (exact) mass is 423 g/mol. The largest absolute Gasteiger partial charge is 0.445 e. The minimum absolute atomic E-state index is 0.0148. The van der Waals surface area contributed by atoms with E-state index < -0.39 is 8.32 Å². The molecule has 0 unspecified atom stereocenters. The molecule has 164 valence electrons. The van der Waals surface area contributed by atoms with Crippen molar-refractivity contribution in [2.45, 2.75) is 76.9 Å². The summed E-state index contributed by atoms with van der Waals surface area (Å²) < 4.78 is 13.7. The minimum atomic E-state index is -1.93. The molecule has 0 aliphatic carbocycles. The average Bonchev–Trinajstić information content (AvgIpc) is 3.19. The van der Waals surface area contributed by atoms with Crippen molar-refractivity contribution >= 4 is 14.4 Å². The van der Waals surface area contributed by atoms with Crippen molar-refractivity contribution in [2.75, 3.05) is 13.2 Å².